The molecule has 0 unspecified atom stereocenters. The number of hydrogen-bond acceptors (Lipinski definition) is 4. The molecule has 2 aromatic rings. The van der Waals surface area contributed by atoms with E-state index >= 15 is 0 Å². The number of halogens is 1. The van der Waals surface area contributed by atoms with E-state index in [1.54, 1.807) is 13.3 Å². The standard InChI is InChI=1S/C18H28N6O.HI/c1-19-18(20-11-4-8-14-6-2-3-7-14)21-12-10-16-22-17(24-23-16)15-9-5-13-25-15;/h5,9,13-14H,2-4,6-8,10-12H2,1H3,(H2,19,20,21)(H,22,23,24);1H. The summed E-state index contributed by atoms with van der Waals surface area (Å²) < 4.78 is 5.29. The first-order valence-corrected chi connectivity index (χ1v) is 9.25. The van der Waals surface area contributed by atoms with Gasteiger partial charge in [-0.3, -0.25) is 10.1 Å². The summed E-state index contributed by atoms with van der Waals surface area (Å²) in [6, 6.07) is 3.68. The highest BCUT2D eigenvalue weighted by Gasteiger charge is 2.14. The zero-order valence-corrected chi connectivity index (χ0v) is 17.7. The number of furan rings is 1. The van der Waals surface area contributed by atoms with E-state index in [1.165, 1.54) is 38.5 Å². The van der Waals surface area contributed by atoms with E-state index in [1.807, 2.05) is 12.1 Å². The number of hydrogen-bond donors (Lipinski definition) is 3. The largest absolute Gasteiger partial charge is 0.461 e. The van der Waals surface area contributed by atoms with Crippen LogP contribution in [0.25, 0.3) is 11.6 Å². The van der Waals surface area contributed by atoms with Gasteiger partial charge in [-0.2, -0.15) is 5.10 Å². The fourth-order valence-corrected chi connectivity index (χ4v) is 3.34. The lowest BCUT2D eigenvalue weighted by Crippen LogP contribution is -2.38. The number of H-pyrrole nitrogens is 1. The average Bonchev–Trinajstić information content (AvgIpc) is 3.39. The minimum absolute atomic E-state index is 0. The molecule has 1 saturated carbocycles. The van der Waals surface area contributed by atoms with Crippen LogP contribution >= 0.6 is 24.0 Å². The van der Waals surface area contributed by atoms with Crippen molar-refractivity contribution in [2.75, 3.05) is 20.1 Å². The van der Waals surface area contributed by atoms with E-state index in [2.05, 4.69) is 30.8 Å². The van der Waals surface area contributed by atoms with Gasteiger partial charge >= 0.3 is 0 Å². The first-order valence-electron chi connectivity index (χ1n) is 9.25. The Kier molecular flexibility index (Phi) is 8.93. The van der Waals surface area contributed by atoms with Crippen molar-refractivity contribution in [2.45, 2.75) is 44.9 Å². The number of guanidine groups is 1. The van der Waals surface area contributed by atoms with Crippen molar-refractivity contribution in [1.82, 2.24) is 25.8 Å². The SMILES string of the molecule is CN=C(NCCCC1CCCC1)NCCc1nc(-c2ccco2)n[nH]1.I. The topological polar surface area (TPSA) is 91.1 Å². The van der Waals surface area contributed by atoms with Crippen molar-refractivity contribution in [3.05, 3.63) is 24.2 Å². The molecule has 2 heterocycles. The summed E-state index contributed by atoms with van der Waals surface area (Å²) in [5.74, 6) is 3.89. The van der Waals surface area contributed by atoms with Crippen LogP contribution in [0.15, 0.2) is 27.8 Å². The molecule has 8 heteroatoms. The first kappa shape index (κ1) is 20.7. The van der Waals surface area contributed by atoms with E-state index < -0.39 is 0 Å². The molecule has 1 aliphatic carbocycles. The van der Waals surface area contributed by atoms with Gasteiger partial charge in [0, 0.05) is 26.6 Å². The molecule has 3 rings (SSSR count). The van der Waals surface area contributed by atoms with Crippen LogP contribution in [0.5, 0.6) is 0 Å². The lowest BCUT2D eigenvalue weighted by molar-refractivity contribution is 0.481. The molecule has 2 aromatic heterocycles. The predicted molar refractivity (Wildman–Crippen MR) is 114 cm³/mol. The van der Waals surface area contributed by atoms with E-state index in [0.29, 0.717) is 11.6 Å². The highest BCUT2D eigenvalue weighted by atomic mass is 127. The Balaban J connectivity index is 0.00000243. The summed E-state index contributed by atoms with van der Waals surface area (Å²) in [5, 5.41) is 13.8. The Morgan fingerprint density at radius 2 is 2.12 bits per heavy atom. The summed E-state index contributed by atoms with van der Waals surface area (Å²) in [7, 11) is 1.80. The maximum absolute atomic E-state index is 5.29. The molecule has 3 N–H and O–H groups in total. The van der Waals surface area contributed by atoms with Gasteiger partial charge in [0.25, 0.3) is 0 Å². The van der Waals surface area contributed by atoms with Crippen molar-refractivity contribution in [3.63, 3.8) is 0 Å². The van der Waals surface area contributed by atoms with Crippen LogP contribution in [0.2, 0.25) is 0 Å². The molecule has 144 valence electrons. The second-order valence-corrected chi connectivity index (χ2v) is 6.55. The minimum Gasteiger partial charge on any atom is -0.461 e. The molecule has 0 amide bonds. The smallest absolute Gasteiger partial charge is 0.216 e. The molecule has 26 heavy (non-hydrogen) atoms. The van der Waals surface area contributed by atoms with Crippen LogP contribution in [0, 0.1) is 5.92 Å². The Morgan fingerprint density at radius 1 is 1.31 bits per heavy atom. The lowest BCUT2D eigenvalue weighted by atomic mass is 10.0. The number of aromatic amines is 1. The van der Waals surface area contributed by atoms with Gasteiger partial charge in [-0.05, 0) is 30.9 Å². The van der Waals surface area contributed by atoms with Gasteiger partial charge in [0.1, 0.15) is 5.82 Å². The highest BCUT2D eigenvalue weighted by Crippen LogP contribution is 2.28. The summed E-state index contributed by atoms with van der Waals surface area (Å²) in [6.07, 6.45) is 10.6. The van der Waals surface area contributed by atoms with Crippen LogP contribution in [0.3, 0.4) is 0 Å². The minimum atomic E-state index is 0. The van der Waals surface area contributed by atoms with E-state index in [4.69, 9.17) is 4.42 Å². The second kappa shape index (κ2) is 11.2. The van der Waals surface area contributed by atoms with E-state index in [0.717, 1.165) is 37.2 Å². The molecule has 1 aliphatic rings. The predicted octanol–water partition coefficient (Wildman–Crippen LogP) is 3.36. The van der Waals surface area contributed by atoms with Crippen LogP contribution in [0.1, 0.15) is 44.3 Å². The number of aliphatic imine (C=N–C) groups is 1. The van der Waals surface area contributed by atoms with Crippen LogP contribution in [-0.4, -0.2) is 41.3 Å². The Morgan fingerprint density at radius 3 is 2.85 bits per heavy atom. The third kappa shape index (κ3) is 6.30. The van der Waals surface area contributed by atoms with Gasteiger partial charge in [-0.15, -0.1) is 24.0 Å². The molecule has 7 nitrogen and oxygen atoms in total. The van der Waals surface area contributed by atoms with Crippen LogP contribution in [0.4, 0.5) is 0 Å². The maximum atomic E-state index is 5.29. The molecule has 0 spiro atoms. The fourth-order valence-electron chi connectivity index (χ4n) is 3.34. The quantitative estimate of drug-likeness (QED) is 0.237. The van der Waals surface area contributed by atoms with E-state index in [9.17, 15) is 0 Å². The second-order valence-electron chi connectivity index (χ2n) is 6.55. The average molecular weight is 472 g/mol. The first-order chi connectivity index (χ1) is 12.3. The summed E-state index contributed by atoms with van der Waals surface area (Å²) in [4.78, 5) is 8.70. The van der Waals surface area contributed by atoms with Gasteiger partial charge < -0.3 is 15.1 Å². The van der Waals surface area contributed by atoms with Crippen molar-refractivity contribution >= 4 is 29.9 Å². The van der Waals surface area contributed by atoms with Crippen molar-refractivity contribution in [3.8, 4) is 11.6 Å². The molecular formula is C18H29IN6O. The third-order valence-corrected chi connectivity index (χ3v) is 4.71. The van der Waals surface area contributed by atoms with Gasteiger partial charge in [0.05, 0.1) is 6.26 Å². The Bertz CT molecular complexity index is 648. The number of rotatable bonds is 8. The lowest BCUT2D eigenvalue weighted by Gasteiger charge is -2.12. The summed E-state index contributed by atoms with van der Waals surface area (Å²) in [6.45, 7) is 1.72. The highest BCUT2D eigenvalue weighted by molar-refractivity contribution is 14.0. The molecule has 1 fully saturated rings. The van der Waals surface area contributed by atoms with Gasteiger partial charge in [0.2, 0.25) is 5.82 Å². The van der Waals surface area contributed by atoms with Gasteiger partial charge in [-0.25, -0.2) is 4.98 Å². The van der Waals surface area contributed by atoms with Crippen LogP contribution in [-0.2, 0) is 6.42 Å². The summed E-state index contributed by atoms with van der Waals surface area (Å²) >= 11 is 0. The fraction of sp³-hybridized carbons (Fsp3) is 0.611. The number of nitrogens with one attached hydrogen (secondary N) is 3. The summed E-state index contributed by atoms with van der Waals surface area (Å²) in [5.41, 5.74) is 0. The normalized spacial score (nSPS) is 15.0. The van der Waals surface area contributed by atoms with E-state index in [-0.39, 0.29) is 24.0 Å². The van der Waals surface area contributed by atoms with Gasteiger partial charge in [0.15, 0.2) is 11.7 Å². The zero-order chi connectivity index (χ0) is 17.3. The number of aromatic nitrogens is 3. The molecule has 0 aromatic carbocycles. The maximum Gasteiger partial charge on any atom is 0.216 e. The molecule has 0 aliphatic heterocycles. The Hall–Kier alpha value is -1.58. The zero-order valence-electron chi connectivity index (χ0n) is 15.3. The van der Waals surface area contributed by atoms with Crippen molar-refractivity contribution in [1.29, 1.82) is 0 Å². The van der Waals surface area contributed by atoms with Gasteiger partial charge in [-0.1, -0.05) is 25.7 Å². The van der Waals surface area contributed by atoms with Crippen LogP contribution < -0.4 is 10.6 Å². The Labute approximate surface area is 171 Å². The number of nitrogens with zero attached hydrogens (tertiary/aromatic N) is 3. The molecule has 0 saturated heterocycles. The molecule has 0 radical (unpaired) electrons. The molecular weight excluding hydrogens is 443 g/mol. The third-order valence-electron chi connectivity index (χ3n) is 4.71. The molecule has 0 bridgehead atoms. The molecule has 0 atom stereocenters. The van der Waals surface area contributed by atoms with Crippen molar-refractivity contribution in [2.24, 2.45) is 10.9 Å². The van der Waals surface area contributed by atoms with Crippen molar-refractivity contribution < 1.29 is 4.42 Å². The monoisotopic (exact) mass is 472 g/mol.